The zero-order chi connectivity index (χ0) is 16.9. The second-order valence-electron chi connectivity index (χ2n) is 5.18. The predicted octanol–water partition coefficient (Wildman–Crippen LogP) is 4.12. The maximum Gasteiger partial charge on any atom is 0.268 e. The van der Waals surface area contributed by atoms with Gasteiger partial charge in [-0.25, -0.2) is 0 Å². The lowest BCUT2D eigenvalue weighted by atomic mass is 10.1. The van der Waals surface area contributed by atoms with Gasteiger partial charge in [0.15, 0.2) is 0 Å². The van der Waals surface area contributed by atoms with Crippen LogP contribution in [0.1, 0.15) is 17.0 Å². The number of nitriles is 1. The summed E-state index contributed by atoms with van der Waals surface area (Å²) in [5.41, 5.74) is 3.09. The second kappa shape index (κ2) is 6.80. The van der Waals surface area contributed by atoms with E-state index >= 15 is 0 Å². The molecule has 0 saturated carbocycles. The van der Waals surface area contributed by atoms with Crippen LogP contribution in [-0.4, -0.2) is 17.3 Å². The first-order valence-corrected chi connectivity index (χ1v) is 7.37. The van der Waals surface area contributed by atoms with Gasteiger partial charge in [-0.3, -0.25) is 0 Å². The number of allylic oxidation sites excluding steroid dienone is 1. The number of hydrogen-bond donors (Lipinski definition) is 0. The molecule has 24 heavy (non-hydrogen) atoms. The van der Waals surface area contributed by atoms with Gasteiger partial charge in [0.1, 0.15) is 17.4 Å². The van der Waals surface area contributed by atoms with Crippen molar-refractivity contribution in [1.29, 1.82) is 5.26 Å². The number of rotatable bonds is 4. The molecule has 1 heterocycles. The Morgan fingerprint density at radius 3 is 2.58 bits per heavy atom. The number of nitrogens with zero attached hydrogens (tertiary/aromatic N) is 3. The third kappa shape index (κ3) is 3.18. The highest BCUT2D eigenvalue weighted by Crippen LogP contribution is 2.23. The molecule has 0 aliphatic rings. The van der Waals surface area contributed by atoms with Crippen LogP contribution in [0, 0.1) is 18.3 Å². The van der Waals surface area contributed by atoms with E-state index in [2.05, 4.69) is 16.2 Å². The standard InChI is InChI=1S/C19H15N3O2/c1-13-5-3-4-6-17(13)18-21-19(24-22-18)15(12-20)11-14-7-9-16(23-2)10-8-14/h3-11H,1-2H3/b15-11+. The molecule has 5 heteroatoms. The summed E-state index contributed by atoms with van der Waals surface area (Å²) in [7, 11) is 1.61. The molecule has 5 nitrogen and oxygen atoms in total. The zero-order valence-electron chi connectivity index (χ0n) is 13.4. The van der Waals surface area contributed by atoms with E-state index in [0.29, 0.717) is 11.4 Å². The number of hydrogen-bond acceptors (Lipinski definition) is 5. The van der Waals surface area contributed by atoms with E-state index in [0.717, 1.165) is 22.4 Å². The fourth-order valence-corrected chi connectivity index (χ4v) is 2.27. The molecule has 0 radical (unpaired) electrons. The first-order valence-electron chi connectivity index (χ1n) is 7.37. The van der Waals surface area contributed by atoms with Gasteiger partial charge in [-0.1, -0.05) is 41.6 Å². The van der Waals surface area contributed by atoms with Crippen molar-refractivity contribution in [2.45, 2.75) is 6.92 Å². The Kier molecular flexibility index (Phi) is 4.39. The molecule has 0 spiro atoms. The molecular formula is C19H15N3O2. The van der Waals surface area contributed by atoms with Crippen molar-refractivity contribution < 1.29 is 9.26 Å². The highest BCUT2D eigenvalue weighted by atomic mass is 16.5. The summed E-state index contributed by atoms with van der Waals surface area (Å²) in [6, 6.07) is 17.2. The lowest BCUT2D eigenvalue weighted by Crippen LogP contribution is -1.86. The summed E-state index contributed by atoms with van der Waals surface area (Å²) in [6.07, 6.45) is 1.70. The van der Waals surface area contributed by atoms with E-state index in [9.17, 15) is 5.26 Å². The lowest BCUT2D eigenvalue weighted by molar-refractivity contribution is 0.409. The fraction of sp³-hybridized carbons (Fsp3) is 0.105. The maximum atomic E-state index is 9.41. The molecule has 2 aromatic carbocycles. The van der Waals surface area contributed by atoms with Gasteiger partial charge in [0.25, 0.3) is 5.89 Å². The normalized spacial score (nSPS) is 11.1. The van der Waals surface area contributed by atoms with Gasteiger partial charge in [-0.2, -0.15) is 10.2 Å². The van der Waals surface area contributed by atoms with Crippen LogP contribution in [0.2, 0.25) is 0 Å². The summed E-state index contributed by atoms with van der Waals surface area (Å²) in [6.45, 7) is 1.98. The van der Waals surface area contributed by atoms with Gasteiger partial charge < -0.3 is 9.26 Å². The quantitative estimate of drug-likeness (QED) is 0.677. The monoisotopic (exact) mass is 317 g/mol. The molecule has 0 N–H and O–H groups in total. The van der Waals surface area contributed by atoms with Crippen LogP contribution in [0.4, 0.5) is 0 Å². The molecule has 0 atom stereocenters. The molecule has 0 amide bonds. The van der Waals surface area contributed by atoms with E-state index < -0.39 is 0 Å². The molecule has 1 aromatic heterocycles. The molecule has 3 rings (SSSR count). The van der Waals surface area contributed by atoms with Crippen LogP contribution in [0.5, 0.6) is 5.75 Å². The Labute approximate surface area is 139 Å². The van der Waals surface area contributed by atoms with Crippen LogP contribution in [0.3, 0.4) is 0 Å². The molecule has 3 aromatic rings. The minimum absolute atomic E-state index is 0.201. The number of ether oxygens (including phenoxy) is 1. The Hall–Kier alpha value is -3.39. The molecule has 0 saturated heterocycles. The van der Waals surface area contributed by atoms with E-state index in [1.54, 1.807) is 13.2 Å². The maximum absolute atomic E-state index is 9.41. The minimum Gasteiger partial charge on any atom is -0.497 e. The number of methoxy groups -OCH3 is 1. The number of aromatic nitrogens is 2. The number of aryl methyl sites for hydroxylation is 1. The molecule has 0 bridgehead atoms. The van der Waals surface area contributed by atoms with Gasteiger partial charge in [0.05, 0.1) is 7.11 Å². The van der Waals surface area contributed by atoms with E-state index in [4.69, 9.17) is 9.26 Å². The molecule has 0 fully saturated rings. The Balaban J connectivity index is 1.93. The fourth-order valence-electron chi connectivity index (χ4n) is 2.27. The summed E-state index contributed by atoms with van der Waals surface area (Å²) in [5, 5.41) is 13.4. The smallest absolute Gasteiger partial charge is 0.268 e. The third-order valence-corrected chi connectivity index (χ3v) is 3.59. The van der Waals surface area contributed by atoms with Crippen LogP contribution >= 0.6 is 0 Å². The average Bonchev–Trinajstić information content (AvgIpc) is 3.10. The van der Waals surface area contributed by atoms with Crippen molar-refractivity contribution in [2.75, 3.05) is 7.11 Å². The average molecular weight is 317 g/mol. The summed E-state index contributed by atoms with van der Waals surface area (Å²) >= 11 is 0. The Bertz CT molecular complexity index is 918. The van der Waals surface area contributed by atoms with Crippen molar-refractivity contribution in [2.24, 2.45) is 0 Å². The first kappa shape index (κ1) is 15.5. The molecule has 0 aliphatic heterocycles. The summed E-state index contributed by atoms with van der Waals surface area (Å²) in [5.74, 6) is 1.43. The highest BCUT2D eigenvalue weighted by molar-refractivity contribution is 5.86. The first-order chi connectivity index (χ1) is 11.7. The topological polar surface area (TPSA) is 71.9 Å². The van der Waals surface area contributed by atoms with Gasteiger partial charge in [0.2, 0.25) is 5.82 Å². The summed E-state index contributed by atoms with van der Waals surface area (Å²) < 4.78 is 10.4. The third-order valence-electron chi connectivity index (χ3n) is 3.59. The molecular weight excluding hydrogens is 302 g/mol. The van der Waals surface area contributed by atoms with E-state index in [1.165, 1.54) is 0 Å². The van der Waals surface area contributed by atoms with Gasteiger partial charge in [0, 0.05) is 5.56 Å². The Morgan fingerprint density at radius 2 is 1.92 bits per heavy atom. The SMILES string of the molecule is COc1ccc(/C=C(\C#N)c2nc(-c3ccccc3C)no2)cc1. The van der Waals surface area contributed by atoms with Crippen LogP contribution < -0.4 is 4.74 Å². The van der Waals surface area contributed by atoms with Crippen molar-refractivity contribution in [3.05, 3.63) is 65.5 Å². The van der Waals surface area contributed by atoms with Crippen molar-refractivity contribution in [3.63, 3.8) is 0 Å². The second-order valence-corrected chi connectivity index (χ2v) is 5.18. The van der Waals surface area contributed by atoms with Gasteiger partial charge >= 0.3 is 0 Å². The van der Waals surface area contributed by atoms with Crippen LogP contribution in [0.25, 0.3) is 23.0 Å². The predicted molar refractivity (Wildman–Crippen MR) is 90.9 cm³/mol. The Morgan fingerprint density at radius 1 is 1.17 bits per heavy atom. The highest BCUT2D eigenvalue weighted by Gasteiger charge is 2.14. The van der Waals surface area contributed by atoms with Gasteiger partial charge in [-0.05, 0) is 36.3 Å². The van der Waals surface area contributed by atoms with E-state index in [1.807, 2.05) is 55.5 Å². The largest absolute Gasteiger partial charge is 0.497 e. The van der Waals surface area contributed by atoms with Gasteiger partial charge in [-0.15, -0.1) is 0 Å². The number of benzene rings is 2. The van der Waals surface area contributed by atoms with Crippen LogP contribution in [0.15, 0.2) is 53.1 Å². The summed E-state index contributed by atoms with van der Waals surface area (Å²) in [4.78, 5) is 4.35. The molecule has 118 valence electrons. The van der Waals surface area contributed by atoms with E-state index in [-0.39, 0.29) is 5.89 Å². The molecule has 0 aliphatic carbocycles. The van der Waals surface area contributed by atoms with Crippen LogP contribution in [-0.2, 0) is 0 Å². The minimum atomic E-state index is 0.201. The zero-order valence-corrected chi connectivity index (χ0v) is 13.4. The lowest BCUT2D eigenvalue weighted by Gasteiger charge is -1.99. The van der Waals surface area contributed by atoms with Crippen molar-refractivity contribution >= 4 is 11.6 Å². The molecule has 0 unspecified atom stereocenters. The van der Waals surface area contributed by atoms with Crippen molar-refractivity contribution in [3.8, 4) is 23.2 Å². The van der Waals surface area contributed by atoms with Crippen molar-refractivity contribution in [1.82, 2.24) is 10.1 Å².